The Hall–Kier alpha value is -3.55. The summed E-state index contributed by atoms with van der Waals surface area (Å²) in [6.07, 6.45) is 3.72. The van der Waals surface area contributed by atoms with Crippen LogP contribution in [0.5, 0.6) is 0 Å². The smallest absolute Gasteiger partial charge is 0.249 e. The molecule has 1 aliphatic heterocycles. The van der Waals surface area contributed by atoms with Crippen LogP contribution in [0.4, 0.5) is 0 Å². The third-order valence-electron chi connectivity index (χ3n) is 6.98. The lowest BCUT2D eigenvalue weighted by Crippen LogP contribution is -2.41. The minimum atomic E-state index is -4.35. The van der Waals surface area contributed by atoms with Gasteiger partial charge in [0, 0.05) is 37.3 Å². The van der Waals surface area contributed by atoms with E-state index in [1.54, 1.807) is 24.3 Å². The summed E-state index contributed by atoms with van der Waals surface area (Å²) in [4.78, 5) is 29.2. The van der Waals surface area contributed by atoms with Crippen LogP contribution >= 0.6 is 0 Å². The molecule has 7 heteroatoms. The Balaban J connectivity index is 1.67. The van der Waals surface area contributed by atoms with Crippen LogP contribution in [0.25, 0.3) is 0 Å². The first-order chi connectivity index (χ1) is 18.0. The van der Waals surface area contributed by atoms with Crippen LogP contribution in [0.15, 0.2) is 95.5 Å². The Labute approximate surface area is 218 Å². The molecule has 0 unspecified atom stereocenters. The van der Waals surface area contributed by atoms with Crippen LogP contribution in [-0.4, -0.2) is 42.3 Å². The Morgan fingerprint density at radius 2 is 1.08 bits per heavy atom. The number of benzene rings is 3. The van der Waals surface area contributed by atoms with Crippen molar-refractivity contribution in [2.24, 2.45) is 0 Å². The van der Waals surface area contributed by atoms with Gasteiger partial charge < -0.3 is 4.90 Å². The summed E-state index contributed by atoms with van der Waals surface area (Å²) < 4.78 is 30.3. The molecule has 0 saturated carbocycles. The van der Waals surface area contributed by atoms with Gasteiger partial charge >= 0.3 is 0 Å². The zero-order chi connectivity index (χ0) is 25.8. The summed E-state index contributed by atoms with van der Waals surface area (Å²) in [7, 11) is -4.35. The van der Waals surface area contributed by atoms with Crippen molar-refractivity contribution in [3.63, 3.8) is 0 Å². The highest BCUT2D eigenvalue weighted by Crippen LogP contribution is 2.35. The van der Waals surface area contributed by atoms with Crippen molar-refractivity contribution < 1.29 is 18.0 Å². The molecule has 0 N–H and O–H groups in total. The van der Waals surface area contributed by atoms with E-state index in [0.29, 0.717) is 13.1 Å². The Kier molecular flexibility index (Phi) is 7.35. The van der Waals surface area contributed by atoms with Crippen LogP contribution < -0.4 is 0 Å². The number of hydrogen-bond acceptors (Lipinski definition) is 5. The van der Waals surface area contributed by atoms with Crippen LogP contribution in [0.1, 0.15) is 57.5 Å². The molecule has 0 aromatic heterocycles. The highest BCUT2D eigenvalue weighted by atomic mass is 32.2. The van der Waals surface area contributed by atoms with Crippen molar-refractivity contribution in [3.8, 4) is 0 Å². The largest absolute Gasteiger partial charge is 0.367 e. The lowest BCUT2D eigenvalue weighted by molar-refractivity contribution is 0.0946. The molecule has 0 radical (unpaired) electrons. The monoisotopic (exact) mass is 514 g/mol. The second-order valence-corrected chi connectivity index (χ2v) is 11.4. The van der Waals surface area contributed by atoms with Gasteiger partial charge in [-0.2, -0.15) is 4.31 Å². The number of ketones is 2. The SMILES string of the molecule is O=C1C(N2CCCCCC2)=C(S(=O)(=O)N(Cc2ccccc2)Cc2ccccc2)C(=O)c2ccccc21. The van der Waals surface area contributed by atoms with Gasteiger partial charge in [-0.1, -0.05) is 97.8 Å². The first-order valence-corrected chi connectivity index (χ1v) is 14.2. The predicted octanol–water partition coefficient (Wildman–Crippen LogP) is 5.19. The molecule has 3 aromatic rings. The van der Waals surface area contributed by atoms with E-state index < -0.39 is 26.5 Å². The fraction of sp³-hybridized carbons (Fsp3) is 0.267. The molecule has 0 atom stereocenters. The van der Waals surface area contributed by atoms with E-state index >= 15 is 0 Å². The number of carbonyl (C=O) groups excluding carboxylic acids is 2. The van der Waals surface area contributed by atoms with E-state index in [4.69, 9.17) is 0 Å². The number of allylic oxidation sites excluding steroid dienone is 2. The second kappa shape index (κ2) is 10.8. The molecule has 1 aliphatic carbocycles. The van der Waals surface area contributed by atoms with E-state index in [0.717, 1.165) is 36.8 Å². The van der Waals surface area contributed by atoms with E-state index in [1.807, 2.05) is 65.6 Å². The molecule has 1 saturated heterocycles. The lowest BCUT2D eigenvalue weighted by Gasteiger charge is -2.32. The first-order valence-electron chi connectivity index (χ1n) is 12.7. The number of rotatable bonds is 7. The Bertz CT molecular complexity index is 1380. The number of nitrogens with zero attached hydrogens (tertiary/aromatic N) is 2. The van der Waals surface area contributed by atoms with Gasteiger partial charge in [0.25, 0.3) is 0 Å². The number of hydrogen-bond donors (Lipinski definition) is 0. The van der Waals surface area contributed by atoms with E-state index in [2.05, 4.69) is 0 Å². The van der Waals surface area contributed by atoms with Crippen molar-refractivity contribution >= 4 is 21.6 Å². The highest BCUT2D eigenvalue weighted by molar-refractivity contribution is 7.94. The standard InChI is InChI=1S/C30H30N2O4S/c33-28-25-17-9-10-18-26(25)29(34)30(27(28)31-19-11-1-2-12-20-31)37(35,36)32(21-23-13-5-3-6-14-23)22-24-15-7-4-8-16-24/h3-10,13-18H,1-2,11-12,19-22H2. The molecule has 0 spiro atoms. The summed E-state index contributed by atoms with van der Waals surface area (Å²) >= 11 is 0. The van der Waals surface area contributed by atoms with Gasteiger partial charge in [-0.15, -0.1) is 0 Å². The maximum atomic E-state index is 14.5. The van der Waals surface area contributed by atoms with Gasteiger partial charge in [0.05, 0.1) is 0 Å². The zero-order valence-corrected chi connectivity index (χ0v) is 21.5. The van der Waals surface area contributed by atoms with Gasteiger partial charge in [-0.3, -0.25) is 9.59 Å². The van der Waals surface area contributed by atoms with Gasteiger partial charge in [-0.05, 0) is 24.0 Å². The van der Waals surface area contributed by atoms with Gasteiger partial charge in [0.15, 0.2) is 4.91 Å². The number of fused-ring (bicyclic) bond motifs is 1. The van der Waals surface area contributed by atoms with Crippen LogP contribution in [-0.2, 0) is 23.1 Å². The molecule has 2 aliphatic rings. The highest BCUT2D eigenvalue weighted by Gasteiger charge is 2.43. The van der Waals surface area contributed by atoms with Crippen molar-refractivity contribution in [2.75, 3.05) is 13.1 Å². The van der Waals surface area contributed by atoms with Crippen LogP contribution in [0.3, 0.4) is 0 Å². The average Bonchev–Trinajstić information content (AvgIpc) is 3.21. The second-order valence-electron chi connectivity index (χ2n) is 9.53. The molecule has 0 amide bonds. The van der Waals surface area contributed by atoms with Crippen molar-refractivity contribution in [1.29, 1.82) is 0 Å². The molecule has 6 nitrogen and oxygen atoms in total. The third-order valence-corrected chi connectivity index (χ3v) is 8.81. The number of Topliss-reactive ketones (excluding diaryl/α,β-unsaturated/α-hetero) is 2. The van der Waals surface area contributed by atoms with Crippen molar-refractivity contribution in [1.82, 2.24) is 9.21 Å². The predicted molar refractivity (Wildman–Crippen MR) is 143 cm³/mol. The topological polar surface area (TPSA) is 74.8 Å². The van der Waals surface area contributed by atoms with Gasteiger partial charge in [0.1, 0.15) is 5.70 Å². The molecular weight excluding hydrogens is 484 g/mol. The third kappa shape index (κ3) is 5.15. The maximum absolute atomic E-state index is 14.5. The molecule has 5 rings (SSSR count). The fourth-order valence-corrected chi connectivity index (χ4v) is 6.80. The van der Waals surface area contributed by atoms with Gasteiger partial charge in [0.2, 0.25) is 21.6 Å². The molecule has 1 fully saturated rings. The van der Waals surface area contributed by atoms with Crippen LogP contribution in [0, 0.1) is 0 Å². The Morgan fingerprint density at radius 1 is 0.622 bits per heavy atom. The summed E-state index contributed by atoms with van der Waals surface area (Å²) in [6.45, 7) is 1.26. The molecule has 190 valence electrons. The van der Waals surface area contributed by atoms with E-state index in [-0.39, 0.29) is 29.9 Å². The van der Waals surface area contributed by atoms with Crippen LogP contribution in [0.2, 0.25) is 0 Å². The maximum Gasteiger partial charge on any atom is 0.249 e. The molecular formula is C30H30N2O4S. The fourth-order valence-electron chi connectivity index (χ4n) is 5.09. The van der Waals surface area contributed by atoms with Gasteiger partial charge in [-0.25, -0.2) is 8.42 Å². The quantitative estimate of drug-likeness (QED) is 0.434. The first kappa shape index (κ1) is 25.1. The number of likely N-dealkylation sites (tertiary alicyclic amines) is 1. The number of sulfonamides is 1. The molecule has 37 heavy (non-hydrogen) atoms. The van der Waals surface area contributed by atoms with E-state index in [1.165, 1.54) is 4.31 Å². The minimum absolute atomic E-state index is 0.0247. The van der Waals surface area contributed by atoms with E-state index in [9.17, 15) is 18.0 Å². The Morgan fingerprint density at radius 3 is 1.59 bits per heavy atom. The minimum Gasteiger partial charge on any atom is -0.367 e. The normalized spacial score (nSPS) is 16.6. The summed E-state index contributed by atoms with van der Waals surface area (Å²) in [5, 5.41) is 0. The summed E-state index contributed by atoms with van der Waals surface area (Å²) in [6, 6.07) is 25.2. The average molecular weight is 515 g/mol. The van der Waals surface area contributed by atoms with Crippen molar-refractivity contribution in [3.05, 3.63) is 118 Å². The zero-order valence-electron chi connectivity index (χ0n) is 20.7. The molecule has 0 bridgehead atoms. The summed E-state index contributed by atoms with van der Waals surface area (Å²) in [5.74, 6) is -1.00. The number of carbonyl (C=O) groups is 2. The molecule has 1 heterocycles. The summed E-state index contributed by atoms with van der Waals surface area (Å²) in [5.41, 5.74) is 2.03. The lowest BCUT2D eigenvalue weighted by atomic mass is 9.91. The molecule has 3 aromatic carbocycles. The van der Waals surface area contributed by atoms with Crippen molar-refractivity contribution in [2.45, 2.75) is 38.8 Å².